The summed E-state index contributed by atoms with van der Waals surface area (Å²) in [5.41, 5.74) is 2.27. The van der Waals surface area contributed by atoms with Crippen molar-refractivity contribution in [3.63, 3.8) is 0 Å². The lowest BCUT2D eigenvalue weighted by Gasteiger charge is -2.17. The maximum Gasteiger partial charge on any atom is 0.143 e. The number of para-hydroxylation sites is 1. The van der Waals surface area contributed by atoms with Gasteiger partial charge >= 0.3 is 0 Å². The average Bonchev–Trinajstić information content (AvgIpc) is 2.65. The van der Waals surface area contributed by atoms with Crippen LogP contribution in [0.5, 0.6) is 5.75 Å². The Kier molecular flexibility index (Phi) is 3.62. The normalized spacial score (nSPS) is 13.2. The van der Waals surface area contributed by atoms with Gasteiger partial charge in [0.2, 0.25) is 0 Å². The van der Waals surface area contributed by atoms with Gasteiger partial charge < -0.3 is 14.4 Å². The highest BCUT2D eigenvalue weighted by molar-refractivity contribution is 5.87. The van der Waals surface area contributed by atoms with E-state index in [4.69, 9.17) is 4.74 Å². The van der Waals surface area contributed by atoms with Crippen LogP contribution in [0.15, 0.2) is 24.3 Å². The van der Waals surface area contributed by atoms with Gasteiger partial charge in [0.1, 0.15) is 5.75 Å². The number of hydrogen-bond donors (Lipinski definition) is 1. The number of hydrogen-bond acceptors (Lipinski definition) is 2. The lowest BCUT2D eigenvalue weighted by Crippen LogP contribution is -2.12. The number of rotatable bonds is 4. The van der Waals surface area contributed by atoms with Crippen LogP contribution in [0.1, 0.15) is 32.5 Å². The lowest BCUT2D eigenvalue weighted by molar-refractivity contribution is 0.192. The zero-order chi connectivity index (χ0) is 13.3. The highest BCUT2D eigenvalue weighted by Crippen LogP contribution is 2.32. The van der Waals surface area contributed by atoms with Gasteiger partial charge in [-0.25, -0.2) is 0 Å². The second kappa shape index (κ2) is 5.02. The summed E-state index contributed by atoms with van der Waals surface area (Å²) >= 11 is 0. The molecule has 18 heavy (non-hydrogen) atoms. The first-order valence-corrected chi connectivity index (χ1v) is 6.39. The lowest BCUT2D eigenvalue weighted by atomic mass is 10.2. The molecule has 0 fully saturated rings. The smallest absolute Gasteiger partial charge is 0.143 e. The number of ether oxygens (including phenoxy) is 1. The van der Waals surface area contributed by atoms with Gasteiger partial charge in [0, 0.05) is 23.5 Å². The molecular formula is C15H21NO2. The predicted octanol–water partition coefficient (Wildman–Crippen LogP) is 3.15. The van der Waals surface area contributed by atoms with Gasteiger partial charge in [-0.05, 0) is 32.9 Å². The van der Waals surface area contributed by atoms with E-state index in [1.807, 2.05) is 19.1 Å². The molecule has 0 radical (unpaired) electrons. The first-order chi connectivity index (χ1) is 8.54. The SMILES string of the molecule is COc1cccc2cc(CC(C)O)n(C(C)C)c12. The van der Waals surface area contributed by atoms with Crippen LogP contribution in [0, 0.1) is 0 Å². The van der Waals surface area contributed by atoms with Crippen LogP contribution in [-0.2, 0) is 6.42 Å². The number of benzene rings is 1. The Balaban J connectivity index is 2.68. The van der Waals surface area contributed by atoms with Gasteiger partial charge in [0.15, 0.2) is 0 Å². The van der Waals surface area contributed by atoms with Gasteiger partial charge in [-0.2, -0.15) is 0 Å². The predicted molar refractivity (Wildman–Crippen MR) is 74.3 cm³/mol. The summed E-state index contributed by atoms with van der Waals surface area (Å²) in [4.78, 5) is 0. The minimum Gasteiger partial charge on any atom is -0.495 e. The van der Waals surface area contributed by atoms with Crippen LogP contribution in [0.25, 0.3) is 10.9 Å². The van der Waals surface area contributed by atoms with Gasteiger partial charge in [0.25, 0.3) is 0 Å². The molecule has 0 aliphatic rings. The summed E-state index contributed by atoms with van der Waals surface area (Å²) in [6, 6.07) is 8.55. The molecule has 0 spiro atoms. The maximum absolute atomic E-state index is 9.62. The molecular weight excluding hydrogens is 226 g/mol. The Morgan fingerprint density at radius 2 is 2.00 bits per heavy atom. The number of methoxy groups -OCH3 is 1. The highest BCUT2D eigenvalue weighted by Gasteiger charge is 2.15. The van der Waals surface area contributed by atoms with Crippen LogP contribution in [0.2, 0.25) is 0 Å². The first kappa shape index (κ1) is 13.0. The van der Waals surface area contributed by atoms with E-state index in [0.717, 1.165) is 17.0 Å². The minimum atomic E-state index is -0.335. The summed E-state index contributed by atoms with van der Waals surface area (Å²) in [7, 11) is 1.70. The third kappa shape index (κ3) is 2.23. The van der Waals surface area contributed by atoms with Gasteiger partial charge in [0.05, 0.1) is 18.7 Å². The van der Waals surface area contributed by atoms with Crippen LogP contribution in [0.3, 0.4) is 0 Å². The molecule has 1 atom stereocenters. The Morgan fingerprint density at radius 3 is 2.56 bits per heavy atom. The number of aromatic nitrogens is 1. The largest absolute Gasteiger partial charge is 0.495 e. The van der Waals surface area contributed by atoms with Gasteiger partial charge in [-0.3, -0.25) is 0 Å². The minimum absolute atomic E-state index is 0.335. The van der Waals surface area contributed by atoms with E-state index in [-0.39, 0.29) is 6.10 Å². The van der Waals surface area contributed by atoms with Crippen molar-refractivity contribution in [3.8, 4) is 5.75 Å². The van der Waals surface area contributed by atoms with E-state index in [9.17, 15) is 5.11 Å². The van der Waals surface area contributed by atoms with Crippen molar-refractivity contribution >= 4 is 10.9 Å². The quantitative estimate of drug-likeness (QED) is 0.900. The Hall–Kier alpha value is -1.48. The molecule has 0 amide bonds. The third-order valence-corrected chi connectivity index (χ3v) is 3.14. The third-order valence-electron chi connectivity index (χ3n) is 3.14. The second-order valence-electron chi connectivity index (χ2n) is 5.05. The first-order valence-electron chi connectivity index (χ1n) is 6.39. The number of aliphatic hydroxyl groups excluding tert-OH is 1. The van der Waals surface area contributed by atoms with Crippen LogP contribution in [-0.4, -0.2) is 22.9 Å². The number of nitrogens with zero attached hydrogens (tertiary/aromatic N) is 1. The molecule has 0 saturated carbocycles. The molecule has 3 heteroatoms. The molecule has 1 aromatic heterocycles. The second-order valence-corrected chi connectivity index (χ2v) is 5.05. The Bertz CT molecular complexity index is 541. The van der Waals surface area contributed by atoms with Crippen molar-refractivity contribution in [2.75, 3.05) is 7.11 Å². The molecule has 0 bridgehead atoms. The number of fused-ring (bicyclic) bond motifs is 1. The standard InChI is InChI=1S/C15H21NO2/c1-10(2)16-13(8-11(3)17)9-12-6-5-7-14(18-4)15(12)16/h5-7,9-11,17H,8H2,1-4H3. The Morgan fingerprint density at radius 1 is 1.28 bits per heavy atom. The summed E-state index contributed by atoms with van der Waals surface area (Å²) in [5, 5.41) is 10.8. The molecule has 0 aliphatic heterocycles. The van der Waals surface area contributed by atoms with E-state index >= 15 is 0 Å². The molecule has 3 nitrogen and oxygen atoms in total. The van der Waals surface area contributed by atoms with E-state index in [0.29, 0.717) is 12.5 Å². The van der Waals surface area contributed by atoms with E-state index in [1.165, 1.54) is 5.39 Å². The fourth-order valence-corrected chi connectivity index (χ4v) is 2.52. The summed E-state index contributed by atoms with van der Waals surface area (Å²) in [5.74, 6) is 0.887. The molecule has 1 N–H and O–H groups in total. The van der Waals surface area contributed by atoms with E-state index in [1.54, 1.807) is 7.11 Å². The van der Waals surface area contributed by atoms with E-state index < -0.39 is 0 Å². The van der Waals surface area contributed by atoms with Gasteiger partial charge in [-0.1, -0.05) is 12.1 Å². The van der Waals surface area contributed by atoms with Crippen LogP contribution >= 0.6 is 0 Å². The molecule has 1 aromatic carbocycles. The maximum atomic E-state index is 9.62. The van der Waals surface area contributed by atoms with E-state index in [2.05, 4.69) is 30.5 Å². The average molecular weight is 247 g/mol. The van der Waals surface area contributed by atoms with Crippen molar-refractivity contribution in [3.05, 3.63) is 30.0 Å². The van der Waals surface area contributed by atoms with Crippen molar-refractivity contribution in [2.45, 2.75) is 39.3 Å². The fourth-order valence-electron chi connectivity index (χ4n) is 2.52. The fraction of sp³-hybridized carbons (Fsp3) is 0.467. The number of aliphatic hydroxyl groups is 1. The molecule has 1 unspecified atom stereocenters. The van der Waals surface area contributed by atoms with Crippen molar-refractivity contribution in [1.29, 1.82) is 0 Å². The molecule has 1 heterocycles. The van der Waals surface area contributed by atoms with Crippen molar-refractivity contribution in [1.82, 2.24) is 4.57 Å². The van der Waals surface area contributed by atoms with Crippen LogP contribution < -0.4 is 4.74 Å². The zero-order valence-electron chi connectivity index (χ0n) is 11.5. The summed E-state index contributed by atoms with van der Waals surface area (Å²) in [6.45, 7) is 6.12. The molecule has 2 rings (SSSR count). The van der Waals surface area contributed by atoms with Gasteiger partial charge in [-0.15, -0.1) is 0 Å². The van der Waals surface area contributed by atoms with Crippen molar-refractivity contribution < 1.29 is 9.84 Å². The molecule has 2 aromatic rings. The van der Waals surface area contributed by atoms with Crippen LogP contribution in [0.4, 0.5) is 0 Å². The van der Waals surface area contributed by atoms with Crippen molar-refractivity contribution in [2.24, 2.45) is 0 Å². The summed E-state index contributed by atoms with van der Waals surface area (Å²) in [6.07, 6.45) is 0.327. The monoisotopic (exact) mass is 247 g/mol. The Labute approximate surface area is 108 Å². The molecule has 0 aliphatic carbocycles. The molecule has 0 saturated heterocycles. The topological polar surface area (TPSA) is 34.4 Å². The summed E-state index contributed by atoms with van der Waals surface area (Å²) < 4.78 is 7.70. The molecule has 98 valence electrons. The zero-order valence-corrected chi connectivity index (χ0v) is 11.5. The highest BCUT2D eigenvalue weighted by atomic mass is 16.5.